The third kappa shape index (κ3) is 3.21. The molecule has 1 aliphatic heterocycles. The molecule has 2 fully saturated rings. The molecule has 2 N–H and O–H groups in total. The fourth-order valence-corrected chi connectivity index (χ4v) is 2.95. The quantitative estimate of drug-likeness (QED) is 0.751. The highest BCUT2D eigenvalue weighted by Crippen LogP contribution is 2.24. The lowest BCUT2D eigenvalue weighted by molar-refractivity contribution is -0.126. The molecule has 1 heterocycles. The number of carbonyl (C=O) groups is 1. The first kappa shape index (κ1) is 11.9. The molecule has 1 amide bonds. The normalized spacial score (nSPS) is 32.3. The van der Waals surface area contributed by atoms with Crippen molar-refractivity contribution in [1.29, 1.82) is 0 Å². The highest BCUT2D eigenvalue weighted by molar-refractivity contribution is 5.79. The number of rotatable bonds is 2. The summed E-state index contributed by atoms with van der Waals surface area (Å²) < 4.78 is 0. The summed E-state index contributed by atoms with van der Waals surface area (Å²) in [5.74, 6) is 0.623. The van der Waals surface area contributed by atoms with Crippen LogP contribution in [0.25, 0.3) is 0 Å². The van der Waals surface area contributed by atoms with Gasteiger partial charge in [-0.1, -0.05) is 19.3 Å². The molecule has 0 aromatic rings. The predicted molar refractivity (Wildman–Crippen MR) is 65.2 cm³/mol. The maximum absolute atomic E-state index is 12.0. The van der Waals surface area contributed by atoms with Crippen molar-refractivity contribution in [3.63, 3.8) is 0 Å². The van der Waals surface area contributed by atoms with Gasteiger partial charge in [-0.25, -0.2) is 0 Å². The molecule has 2 unspecified atom stereocenters. The van der Waals surface area contributed by atoms with Gasteiger partial charge in [-0.2, -0.15) is 0 Å². The predicted octanol–water partition coefficient (Wildman–Crippen LogP) is 1.82. The van der Waals surface area contributed by atoms with Crippen LogP contribution in [-0.2, 0) is 4.79 Å². The van der Waals surface area contributed by atoms with Crippen molar-refractivity contribution in [3.05, 3.63) is 0 Å². The Hall–Kier alpha value is -0.570. The van der Waals surface area contributed by atoms with Crippen LogP contribution in [0.15, 0.2) is 0 Å². The average Bonchev–Trinajstić information content (AvgIpc) is 2.30. The van der Waals surface area contributed by atoms with E-state index in [1.807, 2.05) is 0 Å². The van der Waals surface area contributed by atoms with Gasteiger partial charge < -0.3 is 10.6 Å². The maximum Gasteiger partial charge on any atom is 0.223 e. The smallest absolute Gasteiger partial charge is 0.223 e. The van der Waals surface area contributed by atoms with E-state index in [0.29, 0.717) is 23.9 Å². The number of nitrogens with one attached hydrogen (secondary N) is 2. The minimum atomic E-state index is 0.305. The van der Waals surface area contributed by atoms with Crippen LogP contribution >= 0.6 is 0 Å². The van der Waals surface area contributed by atoms with Crippen molar-refractivity contribution >= 4 is 5.91 Å². The van der Waals surface area contributed by atoms with E-state index in [1.54, 1.807) is 0 Å². The van der Waals surface area contributed by atoms with Gasteiger partial charge in [-0.15, -0.1) is 0 Å². The molecular formula is C13H24N2O. The zero-order valence-corrected chi connectivity index (χ0v) is 10.3. The molecule has 3 nitrogen and oxygen atoms in total. The fraction of sp³-hybridized carbons (Fsp3) is 0.923. The molecule has 1 saturated heterocycles. The van der Waals surface area contributed by atoms with E-state index in [-0.39, 0.29) is 0 Å². The number of piperidine rings is 1. The molecule has 92 valence electrons. The van der Waals surface area contributed by atoms with Gasteiger partial charge in [-0.3, -0.25) is 4.79 Å². The molecule has 0 bridgehead atoms. The monoisotopic (exact) mass is 224 g/mol. The largest absolute Gasteiger partial charge is 0.353 e. The molecular weight excluding hydrogens is 200 g/mol. The number of hydrogen-bond acceptors (Lipinski definition) is 2. The van der Waals surface area contributed by atoms with Crippen molar-refractivity contribution in [2.45, 2.75) is 64.0 Å². The van der Waals surface area contributed by atoms with E-state index in [1.165, 1.54) is 19.3 Å². The fourth-order valence-electron chi connectivity index (χ4n) is 2.95. The highest BCUT2D eigenvalue weighted by atomic mass is 16.1. The SMILES string of the molecule is CC1CC(NC(=O)C2CCCCC2)CCN1. The van der Waals surface area contributed by atoms with Gasteiger partial charge in [0.1, 0.15) is 0 Å². The van der Waals surface area contributed by atoms with Crippen LogP contribution in [0.4, 0.5) is 0 Å². The summed E-state index contributed by atoms with van der Waals surface area (Å²) in [7, 11) is 0. The minimum absolute atomic E-state index is 0.305. The molecule has 0 radical (unpaired) electrons. The summed E-state index contributed by atoms with van der Waals surface area (Å²) in [5, 5.41) is 6.65. The molecule has 3 heteroatoms. The summed E-state index contributed by atoms with van der Waals surface area (Å²) in [4.78, 5) is 12.0. The number of amides is 1. The van der Waals surface area contributed by atoms with Crippen LogP contribution in [0, 0.1) is 5.92 Å². The topological polar surface area (TPSA) is 41.1 Å². The van der Waals surface area contributed by atoms with E-state index in [2.05, 4.69) is 17.6 Å². The van der Waals surface area contributed by atoms with Crippen LogP contribution in [0.1, 0.15) is 51.9 Å². The molecule has 16 heavy (non-hydrogen) atoms. The molecule has 1 aliphatic carbocycles. The van der Waals surface area contributed by atoms with Crippen LogP contribution < -0.4 is 10.6 Å². The van der Waals surface area contributed by atoms with E-state index in [0.717, 1.165) is 32.2 Å². The number of carbonyl (C=O) groups excluding carboxylic acids is 1. The Bertz CT molecular complexity index is 236. The van der Waals surface area contributed by atoms with Crippen LogP contribution in [-0.4, -0.2) is 24.5 Å². The molecule has 2 rings (SSSR count). The minimum Gasteiger partial charge on any atom is -0.353 e. The van der Waals surface area contributed by atoms with Crippen molar-refractivity contribution in [2.75, 3.05) is 6.54 Å². The molecule has 0 spiro atoms. The van der Waals surface area contributed by atoms with Gasteiger partial charge in [0.25, 0.3) is 0 Å². The molecule has 2 aliphatic rings. The van der Waals surface area contributed by atoms with E-state index in [4.69, 9.17) is 0 Å². The summed E-state index contributed by atoms with van der Waals surface area (Å²) >= 11 is 0. The molecule has 0 aromatic carbocycles. The molecule has 2 atom stereocenters. The Balaban J connectivity index is 1.77. The summed E-state index contributed by atoms with van der Waals surface area (Å²) in [5.41, 5.74) is 0. The van der Waals surface area contributed by atoms with Gasteiger partial charge in [0.05, 0.1) is 0 Å². The Morgan fingerprint density at radius 2 is 1.94 bits per heavy atom. The summed E-state index contributed by atoms with van der Waals surface area (Å²) in [6.07, 6.45) is 8.16. The van der Waals surface area contributed by atoms with Crippen LogP contribution in [0.3, 0.4) is 0 Å². The Morgan fingerprint density at radius 1 is 1.19 bits per heavy atom. The highest BCUT2D eigenvalue weighted by Gasteiger charge is 2.25. The van der Waals surface area contributed by atoms with Gasteiger partial charge in [-0.05, 0) is 39.2 Å². The van der Waals surface area contributed by atoms with Crippen molar-refractivity contribution < 1.29 is 4.79 Å². The molecule has 1 saturated carbocycles. The summed E-state index contributed by atoms with van der Waals surface area (Å²) in [6, 6.07) is 0.955. The average molecular weight is 224 g/mol. The van der Waals surface area contributed by atoms with E-state index in [9.17, 15) is 4.79 Å². The molecule has 0 aromatic heterocycles. The second kappa shape index (κ2) is 5.67. The third-order valence-corrected chi connectivity index (χ3v) is 3.95. The van der Waals surface area contributed by atoms with Crippen molar-refractivity contribution in [2.24, 2.45) is 5.92 Å². The Kier molecular flexibility index (Phi) is 4.22. The van der Waals surface area contributed by atoms with E-state index < -0.39 is 0 Å². The van der Waals surface area contributed by atoms with Crippen LogP contribution in [0.5, 0.6) is 0 Å². The third-order valence-electron chi connectivity index (χ3n) is 3.95. The van der Waals surface area contributed by atoms with Crippen molar-refractivity contribution in [3.8, 4) is 0 Å². The van der Waals surface area contributed by atoms with Gasteiger partial charge >= 0.3 is 0 Å². The Labute approximate surface area is 98.4 Å². The maximum atomic E-state index is 12.0. The first-order chi connectivity index (χ1) is 7.75. The Morgan fingerprint density at radius 3 is 2.62 bits per heavy atom. The zero-order chi connectivity index (χ0) is 11.4. The second-order valence-electron chi connectivity index (χ2n) is 5.42. The van der Waals surface area contributed by atoms with Crippen LogP contribution in [0.2, 0.25) is 0 Å². The zero-order valence-electron chi connectivity index (χ0n) is 10.3. The lowest BCUT2D eigenvalue weighted by Gasteiger charge is -2.30. The van der Waals surface area contributed by atoms with Crippen molar-refractivity contribution in [1.82, 2.24) is 10.6 Å². The van der Waals surface area contributed by atoms with Gasteiger partial charge in [0, 0.05) is 18.0 Å². The van der Waals surface area contributed by atoms with Gasteiger partial charge in [0.15, 0.2) is 0 Å². The summed E-state index contributed by atoms with van der Waals surface area (Å²) in [6.45, 7) is 3.23. The van der Waals surface area contributed by atoms with Gasteiger partial charge in [0.2, 0.25) is 5.91 Å². The lowest BCUT2D eigenvalue weighted by atomic mass is 9.88. The lowest BCUT2D eigenvalue weighted by Crippen LogP contribution is -2.48. The first-order valence-electron chi connectivity index (χ1n) is 6.79. The number of hydrogen-bond donors (Lipinski definition) is 2. The standard InChI is InChI=1S/C13H24N2O/c1-10-9-12(7-8-14-10)15-13(16)11-5-3-2-4-6-11/h10-12,14H,2-9H2,1H3,(H,15,16). The second-order valence-corrected chi connectivity index (χ2v) is 5.42. The first-order valence-corrected chi connectivity index (χ1v) is 6.79. The van der Waals surface area contributed by atoms with E-state index >= 15 is 0 Å².